The summed E-state index contributed by atoms with van der Waals surface area (Å²) in [5.74, 6) is 0. The Morgan fingerprint density at radius 1 is 0.327 bits per heavy atom. The van der Waals surface area contributed by atoms with Crippen molar-refractivity contribution in [3.05, 3.63) is 90.3 Å². The summed E-state index contributed by atoms with van der Waals surface area (Å²) in [6.45, 7) is 13.2. The lowest BCUT2D eigenvalue weighted by Crippen LogP contribution is -2.36. The Hall–Kier alpha value is -2.59. The predicted molar refractivity (Wildman–Crippen MR) is 235 cm³/mol. The lowest BCUT2D eigenvalue weighted by Gasteiger charge is -2.21. The lowest BCUT2D eigenvalue weighted by atomic mass is 10.1. The van der Waals surface area contributed by atoms with E-state index >= 15 is 0 Å². The molecule has 308 valence electrons. The molecule has 0 aliphatic heterocycles. The van der Waals surface area contributed by atoms with Gasteiger partial charge in [0.2, 0.25) is 0 Å². The van der Waals surface area contributed by atoms with Crippen LogP contribution in [0.1, 0.15) is 211 Å². The van der Waals surface area contributed by atoms with Gasteiger partial charge < -0.3 is 0 Å². The smallest absolute Gasteiger partial charge is 0.173 e. The van der Waals surface area contributed by atoms with Crippen LogP contribution in [-0.4, -0.2) is 4.90 Å². The molecule has 3 aromatic heterocycles. The van der Waals surface area contributed by atoms with Crippen LogP contribution in [-0.2, 0) is 39.3 Å². The van der Waals surface area contributed by atoms with Crippen LogP contribution in [0.5, 0.6) is 0 Å². The second kappa shape index (κ2) is 32.5. The third-order valence-electron chi connectivity index (χ3n) is 11.5. The molecule has 3 heterocycles. The highest BCUT2D eigenvalue weighted by Gasteiger charge is 2.15. The van der Waals surface area contributed by atoms with Crippen LogP contribution in [0.3, 0.4) is 0 Å². The van der Waals surface area contributed by atoms with Crippen molar-refractivity contribution in [1.29, 1.82) is 0 Å². The van der Waals surface area contributed by atoms with E-state index in [4.69, 9.17) is 0 Å². The Morgan fingerprint density at radius 2 is 0.564 bits per heavy atom. The molecule has 55 heavy (non-hydrogen) atoms. The normalized spacial score (nSPS) is 11.6. The molecule has 0 fully saturated rings. The third-order valence-corrected chi connectivity index (χ3v) is 11.5. The summed E-state index contributed by atoms with van der Waals surface area (Å²) in [4.78, 5) is 2.66. The van der Waals surface area contributed by atoms with Crippen molar-refractivity contribution in [1.82, 2.24) is 4.90 Å². The van der Waals surface area contributed by atoms with E-state index in [1.165, 1.54) is 190 Å². The van der Waals surface area contributed by atoms with Gasteiger partial charge in [-0.25, -0.2) is 13.7 Å². The molecule has 0 spiro atoms. The van der Waals surface area contributed by atoms with Gasteiger partial charge in [0.05, 0.1) is 0 Å². The van der Waals surface area contributed by atoms with Crippen LogP contribution in [0.2, 0.25) is 0 Å². The van der Waals surface area contributed by atoms with E-state index in [1.54, 1.807) is 0 Å². The molecular formula is C51H87N4+3. The molecule has 0 N–H and O–H groups in total. The van der Waals surface area contributed by atoms with Gasteiger partial charge in [-0.2, -0.15) is 0 Å². The predicted octanol–water partition coefficient (Wildman–Crippen LogP) is 13.3. The van der Waals surface area contributed by atoms with Gasteiger partial charge in [0, 0.05) is 73.8 Å². The number of unbranched alkanes of at least 4 members (excludes halogenated alkanes) is 24. The zero-order valence-electron chi connectivity index (χ0n) is 36.6. The monoisotopic (exact) mass is 756 g/mol. The van der Waals surface area contributed by atoms with Crippen molar-refractivity contribution in [3.8, 4) is 0 Å². The van der Waals surface area contributed by atoms with E-state index in [0.717, 1.165) is 39.3 Å². The second-order valence-electron chi connectivity index (χ2n) is 17.0. The molecule has 3 rings (SSSR count). The Kier molecular flexibility index (Phi) is 27.6. The molecule has 0 bridgehead atoms. The molecule has 0 aliphatic rings. The summed E-state index contributed by atoms with van der Waals surface area (Å²) in [5.41, 5.74) is 4.24. The van der Waals surface area contributed by atoms with Gasteiger partial charge in [0.15, 0.2) is 37.2 Å². The maximum atomic E-state index is 2.66. The zero-order chi connectivity index (χ0) is 38.9. The highest BCUT2D eigenvalue weighted by atomic mass is 15.1. The number of rotatable bonds is 36. The third kappa shape index (κ3) is 23.9. The van der Waals surface area contributed by atoms with E-state index in [-0.39, 0.29) is 0 Å². The van der Waals surface area contributed by atoms with Crippen LogP contribution in [0.4, 0.5) is 0 Å². The van der Waals surface area contributed by atoms with Gasteiger partial charge in [-0.3, -0.25) is 4.90 Å². The minimum atomic E-state index is 0.957. The van der Waals surface area contributed by atoms with Crippen molar-refractivity contribution in [2.75, 3.05) is 0 Å². The topological polar surface area (TPSA) is 14.9 Å². The molecule has 0 aliphatic carbocycles. The molecule has 0 unspecified atom stereocenters. The average molecular weight is 756 g/mol. The van der Waals surface area contributed by atoms with Gasteiger partial charge in [-0.05, 0) is 37.5 Å². The largest absolute Gasteiger partial charge is 0.290 e. The first-order chi connectivity index (χ1) is 27.2. The van der Waals surface area contributed by atoms with Crippen molar-refractivity contribution in [2.45, 2.75) is 233 Å². The van der Waals surface area contributed by atoms with Gasteiger partial charge >= 0.3 is 0 Å². The van der Waals surface area contributed by atoms with E-state index in [9.17, 15) is 0 Å². The lowest BCUT2D eigenvalue weighted by molar-refractivity contribution is -0.697. The number of hydrogen-bond acceptors (Lipinski definition) is 1. The van der Waals surface area contributed by atoms with E-state index in [0.29, 0.717) is 0 Å². The SMILES string of the molecule is CCCCCCCCCCC[n+]1cccc(CN(Cc2ccc[n+](CCCCCCCCCCC)c2)Cc2ccc[n+](CCCCCCCCCCC)c2)c1. The van der Waals surface area contributed by atoms with Crippen molar-refractivity contribution < 1.29 is 13.7 Å². The number of hydrogen-bond donors (Lipinski definition) is 0. The van der Waals surface area contributed by atoms with Gasteiger partial charge in [-0.15, -0.1) is 0 Å². The fourth-order valence-corrected chi connectivity index (χ4v) is 8.18. The van der Waals surface area contributed by atoms with Gasteiger partial charge in [-0.1, -0.05) is 156 Å². The summed E-state index contributed by atoms with van der Waals surface area (Å²) in [5, 5.41) is 0. The molecule has 0 aromatic carbocycles. The summed E-state index contributed by atoms with van der Waals surface area (Å²) in [6.07, 6.45) is 51.3. The Morgan fingerprint density at radius 3 is 0.818 bits per heavy atom. The second-order valence-corrected chi connectivity index (χ2v) is 17.0. The molecule has 0 saturated carbocycles. The molecule has 0 saturated heterocycles. The van der Waals surface area contributed by atoms with E-state index < -0.39 is 0 Å². The zero-order valence-corrected chi connectivity index (χ0v) is 36.6. The Balaban J connectivity index is 1.56. The maximum Gasteiger partial charge on any atom is 0.173 e. The summed E-state index contributed by atoms with van der Waals surface area (Å²) in [7, 11) is 0. The first-order valence-electron chi connectivity index (χ1n) is 23.9. The summed E-state index contributed by atoms with van der Waals surface area (Å²) < 4.78 is 7.33. The standard InChI is InChI=1S/C51H87N4/c1-4-7-10-13-16-19-22-25-28-37-52-40-31-34-49(43-52)46-55(47-50-35-32-41-53(44-50)38-29-26-23-20-17-14-11-8-5-2)48-51-36-33-42-54(45-51)39-30-27-24-21-18-15-12-9-6-3/h31-36,40-45H,4-30,37-39,46-48H2,1-3H3/q+3. The van der Waals surface area contributed by atoms with Crippen LogP contribution in [0.15, 0.2) is 73.6 Å². The number of nitrogens with zero attached hydrogens (tertiary/aromatic N) is 4. The molecule has 0 amide bonds. The number of aryl methyl sites for hydroxylation is 3. The van der Waals surface area contributed by atoms with Crippen molar-refractivity contribution in [2.24, 2.45) is 0 Å². The fraction of sp³-hybridized carbons (Fsp3) is 0.706. The highest BCUT2D eigenvalue weighted by Crippen LogP contribution is 2.15. The van der Waals surface area contributed by atoms with Gasteiger partial charge in [0.1, 0.15) is 19.6 Å². The summed E-state index contributed by atoms with van der Waals surface area (Å²) >= 11 is 0. The molecular weight excluding hydrogens is 669 g/mol. The molecule has 0 atom stereocenters. The number of pyridine rings is 3. The van der Waals surface area contributed by atoms with Crippen LogP contribution >= 0.6 is 0 Å². The molecule has 4 heteroatoms. The van der Waals surface area contributed by atoms with Crippen molar-refractivity contribution in [3.63, 3.8) is 0 Å². The van der Waals surface area contributed by atoms with Gasteiger partial charge in [0.25, 0.3) is 0 Å². The van der Waals surface area contributed by atoms with E-state index in [1.807, 2.05) is 0 Å². The maximum absolute atomic E-state index is 2.66. The molecule has 4 nitrogen and oxygen atoms in total. The van der Waals surface area contributed by atoms with Crippen LogP contribution < -0.4 is 13.7 Å². The first kappa shape index (κ1) is 46.8. The molecule has 0 radical (unpaired) electrons. The minimum absolute atomic E-state index is 0.957. The Labute approximate surface area is 341 Å². The quantitative estimate of drug-likeness (QED) is 0.0426. The van der Waals surface area contributed by atoms with Crippen LogP contribution in [0, 0.1) is 0 Å². The summed E-state index contributed by atoms with van der Waals surface area (Å²) in [6, 6.07) is 13.8. The minimum Gasteiger partial charge on any atom is -0.290 e. The fourth-order valence-electron chi connectivity index (χ4n) is 8.18. The van der Waals surface area contributed by atoms with Crippen LogP contribution in [0.25, 0.3) is 0 Å². The number of aromatic nitrogens is 3. The first-order valence-corrected chi connectivity index (χ1v) is 23.9. The molecule has 3 aromatic rings. The van der Waals surface area contributed by atoms with E-state index in [2.05, 4.69) is 113 Å². The average Bonchev–Trinajstić information content (AvgIpc) is 3.19. The highest BCUT2D eigenvalue weighted by molar-refractivity contribution is 5.11. The van der Waals surface area contributed by atoms with Crippen molar-refractivity contribution >= 4 is 0 Å². The Bertz CT molecular complexity index is 1160.